The number of H-pyrrole nitrogens is 1. The summed E-state index contributed by atoms with van der Waals surface area (Å²) in [5.41, 5.74) is 4.64. The third kappa shape index (κ3) is 3.25. The maximum absolute atomic E-state index is 9.47. The average Bonchev–Trinajstić information content (AvgIpc) is 3.48. The minimum atomic E-state index is -0.184. The van der Waals surface area contributed by atoms with Crippen molar-refractivity contribution in [3.05, 3.63) is 85.2 Å². The number of allylic oxidation sites excluding steroid dienone is 2. The predicted octanol–water partition coefficient (Wildman–Crippen LogP) is 4.21. The van der Waals surface area contributed by atoms with Crippen LogP contribution in [-0.2, 0) is 0 Å². The second kappa shape index (κ2) is 7.68. The van der Waals surface area contributed by atoms with Crippen LogP contribution < -0.4 is 4.90 Å². The smallest absolute Gasteiger partial charge is 0.141 e. The molecule has 1 aromatic carbocycles. The summed E-state index contributed by atoms with van der Waals surface area (Å²) in [5.74, 6) is 0. The number of benzene rings is 1. The second-order valence-electron chi connectivity index (χ2n) is 7.07. The summed E-state index contributed by atoms with van der Waals surface area (Å²) in [7, 11) is 0. The van der Waals surface area contributed by atoms with Crippen molar-refractivity contribution in [3.63, 3.8) is 0 Å². The van der Waals surface area contributed by atoms with Gasteiger partial charge in [-0.2, -0.15) is 10.4 Å². The van der Waals surface area contributed by atoms with Gasteiger partial charge in [0.15, 0.2) is 0 Å². The Balaban J connectivity index is 1.50. The van der Waals surface area contributed by atoms with Crippen molar-refractivity contribution in [1.82, 2.24) is 24.7 Å². The van der Waals surface area contributed by atoms with E-state index in [0.29, 0.717) is 6.42 Å². The molecule has 7 heteroatoms. The van der Waals surface area contributed by atoms with Crippen molar-refractivity contribution < 1.29 is 0 Å². The van der Waals surface area contributed by atoms with Crippen molar-refractivity contribution >= 4 is 16.7 Å². The lowest BCUT2D eigenvalue weighted by atomic mass is 10.0. The third-order valence-electron chi connectivity index (χ3n) is 5.23. The molecule has 0 aliphatic carbocycles. The molecule has 0 radical (unpaired) electrons. The molecule has 3 aromatic heterocycles. The maximum atomic E-state index is 9.47. The topological polar surface area (TPSA) is 86.4 Å². The monoisotopic (exact) mass is 393 g/mol. The highest BCUT2D eigenvalue weighted by Gasteiger charge is 2.18. The Bertz CT molecular complexity index is 1290. The van der Waals surface area contributed by atoms with E-state index in [2.05, 4.69) is 55.4 Å². The van der Waals surface area contributed by atoms with Gasteiger partial charge in [0.25, 0.3) is 0 Å². The van der Waals surface area contributed by atoms with Gasteiger partial charge in [-0.15, -0.1) is 0 Å². The molecule has 0 saturated carbocycles. The van der Waals surface area contributed by atoms with Gasteiger partial charge in [0.2, 0.25) is 0 Å². The molecule has 0 saturated heterocycles. The Morgan fingerprint density at radius 3 is 3.03 bits per heavy atom. The zero-order valence-corrected chi connectivity index (χ0v) is 16.2. The van der Waals surface area contributed by atoms with Crippen molar-refractivity contribution in [3.8, 4) is 17.3 Å². The maximum Gasteiger partial charge on any atom is 0.141 e. The highest BCUT2D eigenvalue weighted by molar-refractivity contribution is 5.90. The summed E-state index contributed by atoms with van der Waals surface area (Å²) >= 11 is 0. The Morgan fingerprint density at radius 1 is 1.20 bits per heavy atom. The molecule has 4 heterocycles. The van der Waals surface area contributed by atoms with E-state index in [4.69, 9.17) is 0 Å². The molecular formula is C23H19N7. The number of fused-ring (bicyclic) bond motifs is 1. The van der Waals surface area contributed by atoms with Crippen molar-refractivity contribution in [2.24, 2.45) is 0 Å². The van der Waals surface area contributed by atoms with Gasteiger partial charge in [0.1, 0.15) is 12.0 Å². The van der Waals surface area contributed by atoms with E-state index in [0.717, 1.165) is 40.1 Å². The summed E-state index contributed by atoms with van der Waals surface area (Å²) in [5, 5.41) is 15.0. The lowest BCUT2D eigenvalue weighted by Crippen LogP contribution is -2.18. The van der Waals surface area contributed by atoms with Crippen LogP contribution in [0.5, 0.6) is 0 Å². The van der Waals surface area contributed by atoms with Crippen molar-refractivity contribution in [2.75, 3.05) is 11.4 Å². The number of anilines is 1. The molecule has 5 rings (SSSR count). The molecule has 1 unspecified atom stereocenters. The number of nitriles is 1. The Morgan fingerprint density at radius 2 is 2.17 bits per heavy atom. The first-order chi connectivity index (χ1) is 14.8. The van der Waals surface area contributed by atoms with E-state index < -0.39 is 0 Å². The van der Waals surface area contributed by atoms with Crippen LogP contribution >= 0.6 is 0 Å². The Kier molecular flexibility index (Phi) is 4.58. The standard InChI is InChI=1S/C23H19N7/c24-9-7-21(17-5-4-6-19(13-17)29-11-2-1-3-12-29)30-15-18(14-28-30)22-20-8-10-25-23(20)27-16-26-22/h1-6,8,10-11,13-16,21H,7,12H2,(H,25,26,27). The van der Waals surface area contributed by atoms with E-state index in [9.17, 15) is 5.26 Å². The van der Waals surface area contributed by atoms with Crippen LogP contribution in [0.3, 0.4) is 0 Å². The van der Waals surface area contributed by atoms with Gasteiger partial charge in [-0.1, -0.05) is 24.3 Å². The van der Waals surface area contributed by atoms with Crippen LogP contribution in [0.15, 0.2) is 79.7 Å². The number of nitrogens with one attached hydrogen (secondary N) is 1. The first kappa shape index (κ1) is 17.9. The van der Waals surface area contributed by atoms with Gasteiger partial charge in [-0.05, 0) is 29.8 Å². The summed E-state index contributed by atoms with van der Waals surface area (Å²) in [6.45, 7) is 0.829. The number of rotatable bonds is 5. The summed E-state index contributed by atoms with van der Waals surface area (Å²) in [6.07, 6.45) is 15.7. The molecule has 30 heavy (non-hydrogen) atoms. The molecule has 0 fully saturated rings. The molecule has 0 amide bonds. The van der Waals surface area contributed by atoms with Crippen molar-refractivity contribution in [1.29, 1.82) is 5.26 Å². The molecule has 7 nitrogen and oxygen atoms in total. The number of aromatic amines is 1. The van der Waals surface area contributed by atoms with Crippen molar-refractivity contribution in [2.45, 2.75) is 12.5 Å². The van der Waals surface area contributed by atoms with Crippen LogP contribution in [0, 0.1) is 11.3 Å². The van der Waals surface area contributed by atoms with Gasteiger partial charge < -0.3 is 9.88 Å². The normalized spacial score (nSPS) is 14.2. The second-order valence-corrected chi connectivity index (χ2v) is 7.07. The Hall–Kier alpha value is -4.18. The minimum Gasteiger partial charge on any atom is -0.346 e. The van der Waals surface area contributed by atoms with Crippen LogP contribution in [-0.4, -0.2) is 31.3 Å². The third-order valence-corrected chi connectivity index (χ3v) is 5.23. The van der Waals surface area contributed by atoms with Gasteiger partial charge in [0, 0.05) is 41.8 Å². The molecular weight excluding hydrogens is 374 g/mol. The van der Waals surface area contributed by atoms with Crippen LogP contribution in [0.25, 0.3) is 22.3 Å². The zero-order valence-electron chi connectivity index (χ0n) is 16.2. The highest BCUT2D eigenvalue weighted by atomic mass is 15.3. The average molecular weight is 393 g/mol. The molecule has 1 N–H and O–H groups in total. The lowest BCUT2D eigenvalue weighted by molar-refractivity contribution is 0.532. The number of nitrogens with zero attached hydrogens (tertiary/aromatic N) is 6. The van der Waals surface area contributed by atoms with E-state index in [1.807, 2.05) is 47.4 Å². The lowest BCUT2D eigenvalue weighted by Gasteiger charge is -2.23. The highest BCUT2D eigenvalue weighted by Crippen LogP contribution is 2.29. The van der Waals surface area contributed by atoms with Gasteiger partial charge in [-0.25, -0.2) is 9.97 Å². The van der Waals surface area contributed by atoms with Crippen LogP contribution in [0.1, 0.15) is 18.0 Å². The molecule has 4 aromatic rings. The van der Waals surface area contributed by atoms with Gasteiger partial charge in [0.05, 0.1) is 30.4 Å². The zero-order chi connectivity index (χ0) is 20.3. The van der Waals surface area contributed by atoms with E-state index in [1.165, 1.54) is 0 Å². The molecule has 1 aliphatic rings. The Labute approximate surface area is 173 Å². The molecule has 1 atom stereocenters. The van der Waals surface area contributed by atoms with E-state index in [-0.39, 0.29) is 6.04 Å². The number of aromatic nitrogens is 5. The summed E-state index contributed by atoms with van der Waals surface area (Å²) in [6, 6.07) is 12.4. The number of hydrogen-bond donors (Lipinski definition) is 1. The van der Waals surface area contributed by atoms with Crippen LogP contribution in [0.2, 0.25) is 0 Å². The first-order valence-electron chi connectivity index (χ1n) is 9.73. The SMILES string of the molecule is N#CCC(c1cccc(N2C=CC=CC2)c1)n1cc(-c2ncnc3[nH]ccc23)cn1. The van der Waals surface area contributed by atoms with E-state index in [1.54, 1.807) is 12.5 Å². The van der Waals surface area contributed by atoms with E-state index >= 15 is 0 Å². The minimum absolute atomic E-state index is 0.184. The fourth-order valence-corrected chi connectivity index (χ4v) is 3.75. The largest absolute Gasteiger partial charge is 0.346 e. The van der Waals surface area contributed by atoms with Gasteiger partial charge in [-0.3, -0.25) is 4.68 Å². The fraction of sp³-hybridized carbons (Fsp3) is 0.130. The van der Waals surface area contributed by atoms with Gasteiger partial charge >= 0.3 is 0 Å². The fourth-order valence-electron chi connectivity index (χ4n) is 3.75. The summed E-state index contributed by atoms with van der Waals surface area (Å²) < 4.78 is 1.85. The molecule has 146 valence electrons. The predicted molar refractivity (Wildman–Crippen MR) is 116 cm³/mol. The summed E-state index contributed by atoms with van der Waals surface area (Å²) in [4.78, 5) is 14.0. The quantitative estimate of drug-likeness (QED) is 0.549. The number of hydrogen-bond acceptors (Lipinski definition) is 5. The molecule has 0 bridgehead atoms. The molecule has 0 spiro atoms. The molecule has 1 aliphatic heterocycles. The van der Waals surface area contributed by atoms with Crippen LogP contribution in [0.4, 0.5) is 5.69 Å². The first-order valence-corrected chi connectivity index (χ1v) is 9.73.